The van der Waals surface area contributed by atoms with Crippen molar-refractivity contribution in [2.45, 2.75) is 58.4 Å². The number of hydrogen-bond acceptors (Lipinski definition) is 2. The van der Waals surface area contributed by atoms with E-state index >= 15 is 0 Å². The Hall–Kier alpha value is -0.0800. The summed E-state index contributed by atoms with van der Waals surface area (Å²) in [6, 6.07) is 0. The molecule has 2 nitrogen and oxygen atoms in total. The highest BCUT2D eigenvalue weighted by Crippen LogP contribution is 2.38. The first-order valence-corrected chi connectivity index (χ1v) is 5.73. The Morgan fingerprint density at radius 3 is 2.31 bits per heavy atom. The van der Waals surface area contributed by atoms with Crippen molar-refractivity contribution in [3.8, 4) is 0 Å². The van der Waals surface area contributed by atoms with Crippen LogP contribution >= 0.6 is 0 Å². The molecule has 1 heterocycles. The maximum atomic E-state index is 6.13. The molecule has 0 spiro atoms. The zero-order valence-electron chi connectivity index (χ0n) is 9.34. The number of rotatable bonds is 3. The van der Waals surface area contributed by atoms with Crippen molar-refractivity contribution < 1.29 is 0 Å². The van der Waals surface area contributed by atoms with Gasteiger partial charge >= 0.3 is 0 Å². The highest BCUT2D eigenvalue weighted by molar-refractivity contribution is 4.94. The summed E-state index contributed by atoms with van der Waals surface area (Å²) in [7, 11) is 0. The lowest BCUT2D eigenvalue weighted by atomic mass is 9.72. The van der Waals surface area contributed by atoms with Crippen molar-refractivity contribution in [2.75, 3.05) is 6.54 Å². The molecule has 13 heavy (non-hydrogen) atoms. The number of nitrogens with two attached hydrogens (primary N) is 1. The fourth-order valence-electron chi connectivity index (χ4n) is 3.05. The minimum Gasteiger partial charge on any atom is -0.268 e. The summed E-state index contributed by atoms with van der Waals surface area (Å²) < 4.78 is 0. The zero-order chi connectivity index (χ0) is 9.90. The van der Waals surface area contributed by atoms with Crippen molar-refractivity contribution in [2.24, 2.45) is 11.8 Å². The molecule has 0 aromatic heterocycles. The van der Waals surface area contributed by atoms with Gasteiger partial charge in [0, 0.05) is 12.1 Å². The Kier molecular flexibility index (Phi) is 3.74. The standard InChI is InChI=1S/C11H24N2/c1-4-10-8-7-9-13(12)11(10,5-2)6-3/h10H,4-9,12H2,1-3H3. The molecule has 0 aromatic carbocycles. The third-order valence-corrected chi connectivity index (χ3v) is 4.00. The summed E-state index contributed by atoms with van der Waals surface area (Å²) in [4.78, 5) is 0. The molecule has 1 rings (SSSR count). The maximum absolute atomic E-state index is 6.13. The molecule has 2 heteroatoms. The Bertz CT molecular complexity index is 152. The molecule has 1 aliphatic heterocycles. The van der Waals surface area contributed by atoms with E-state index in [1.54, 1.807) is 0 Å². The Labute approximate surface area is 82.5 Å². The van der Waals surface area contributed by atoms with Crippen LogP contribution in [0.4, 0.5) is 0 Å². The Morgan fingerprint density at radius 2 is 1.92 bits per heavy atom. The summed E-state index contributed by atoms with van der Waals surface area (Å²) in [5, 5.41) is 2.12. The number of piperidine rings is 1. The molecule has 0 amide bonds. The lowest BCUT2D eigenvalue weighted by Gasteiger charge is -2.49. The van der Waals surface area contributed by atoms with Crippen molar-refractivity contribution in [3.05, 3.63) is 0 Å². The molecule has 0 bridgehead atoms. The smallest absolute Gasteiger partial charge is 0.0374 e. The minimum atomic E-state index is 0.299. The largest absolute Gasteiger partial charge is 0.268 e. The van der Waals surface area contributed by atoms with E-state index < -0.39 is 0 Å². The second kappa shape index (κ2) is 4.43. The van der Waals surface area contributed by atoms with Gasteiger partial charge in [-0.05, 0) is 31.6 Å². The molecular weight excluding hydrogens is 160 g/mol. The average molecular weight is 184 g/mol. The number of nitrogens with zero attached hydrogens (tertiary/aromatic N) is 1. The van der Waals surface area contributed by atoms with Gasteiger partial charge in [-0.3, -0.25) is 5.84 Å². The first-order valence-electron chi connectivity index (χ1n) is 5.73. The fourth-order valence-corrected chi connectivity index (χ4v) is 3.05. The fraction of sp³-hybridized carbons (Fsp3) is 1.00. The first-order chi connectivity index (χ1) is 6.21. The van der Waals surface area contributed by atoms with Crippen LogP contribution in [0.15, 0.2) is 0 Å². The molecule has 1 saturated heterocycles. The molecule has 0 saturated carbocycles. The van der Waals surface area contributed by atoms with Crippen LogP contribution in [0.25, 0.3) is 0 Å². The number of hydrogen-bond donors (Lipinski definition) is 1. The van der Waals surface area contributed by atoms with Gasteiger partial charge in [0.2, 0.25) is 0 Å². The van der Waals surface area contributed by atoms with Crippen molar-refractivity contribution in [1.29, 1.82) is 0 Å². The predicted molar refractivity (Wildman–Crippen MR) is 57.2 cm³/mol. The van der Waals surface area contributed by atoms with Crippen LogP contribution in [0.3, 0.4) is 0 Å². The van der Waals surface area contributed by atoms with Crippen LogP contribution in [0.1, 0.15) is 52.9 Å². The molecule has 0 aliphatic carbocycles. The van der Waals surface area contributed by atoms with Gasteiger partial charge in [-0.15, -0.1) is 0 Å². The molecule has 2 N–H and O–H groups in total. The Morgan fingerprint density at radius 1 is 1.31 bits per heavy atom. The van der Waals surface area contributed by atoms with Crippen LogP contribution in [0.5, 0.6) is 0 Å². The predicted octanol–water partition coefficient (Wildman–Crippen LogP) is 2.54. The Balaban J connectivity index is 2.81. The van der Waals surface area contributed by atoms with E-state index in [-0.39, 0.29) is 0 Å². The highest BCUT2D eigenvalue weighted by Gasteiger charge is 2.40. The normalized spacial score (nSPS) is 29.1. The van der Waals surface area contributed by atoms with Crippen LogP contribution in [-0.4, -0.2) is 17.1 Å². The number of hydrazine groups is 1. The van der Waals surface area contributed by atoms with Crippen molar-refractivity contribution in [1.82, 2.24) is 5.01 Å². The third kappa shape index (κ3) is 1.75. The summed E-state index contributed by atoms with van der Waals surface area (Å²) >= 11 is 0. The lowest BCUT2D eigenvalue weighted by molar-refractivity contribution is -0.0158. The van der Waals surface area contributed by atoms with Gasteiger partial charge < -0.3 is 0 Å². The molecule has 1 fully saturated rings. The maximum Gasteiger partial charge on any atom is 0.0374 e. The monoisotopic (exact) mass is 184 g/mol. The van der Waals surface area contributed by atoms with Gasteiger partial charge in [0.1, 0.15) is 0 Å². The van der Waals surface area contributed by atoms with Gasteiger partial charge in [-0.25, -0.2) is 5.01 Å². The van der Waals surface area contributed by atoms with Crippen LogP contribution < -0.4 is 5.84 Å². The molecular formula is C11H24N2. The summed E-state index contributed by atoms with van der Waals surface area (Å²) in [5.41, 5.74) is 0.299. The van der Waals surface area contributed by atoms with E-state index in [0.717, 1.165) is 12.5 Å². The second-order valence-electron chi connectivity index (χ2n) is 4.25. The third-order valence-electron chi connectivity index (χ3n) is 4.00. The molecule has 1 aliphatic rings. The molecule has 1 atom stereocenters. The van der Waals surface area contributed by atoms with Gasteiger partial charge in [0.05, 0.1) is 0 Å². The first kappa shape index (κ1) is 11.0. The van der Waals surface area contributed by atoms with E-state index in [9.17, 15) is 0 Å². The SMILES string of the molecule is CCC1CCCN(N)C1(CC)CC. The average Bonchev–Trinajstić information content (AvgIpc) is 2.18. The van der Waals surface area contributed by atoms with Gasteiger partial charge in [0.15, 0.2) is 0 Å². The van der Waals surface area contributed by atoms with E-state index in [2.05, 4.69) is 25.8 Å². The zero-order valence-corrected chi connectivity index (χ0v) is 9.34. The molecule has 0 radical (unpaired) electrons. The lowest BCUT2D eigenvalue weighted by Crippen LogP contribution is -2.59. The van der Waals surface area contributed by atoms with Crippen LogP contribution in [-0.2, 0) is 0 Å². The van der Waals surface area contributed by atoms with E-state index in [1.807, 2.05) is 0 Å². The minimum absolute atomic E-state index is 0.299. The van der Waals surface area contributed by atoms with Crippen LogP contribution in [0.2, 0.25) is 0 Å². The summed E-state index contributed by atoms with van der Waals surface area (Å²) in [5.74, 6) is 6.94. The summed E-state index contributed by atoms with van der Waals surface area (Å²) in [6.45, 7) is 7.93. The van der Waals surface area contributed by atoms with Gasteiger partial charge in [-0.2, -0.15) is 0 Å². The van der Waals surface area contributed by atoms with E-state index in [4.69, 9.17) is 5.84 Å². The highest BCUT2D eigenvalue weighted by atomic mass is 15.4. The second-order valence-corrected chi connectivity index (χ2v) is 4.25. The van der Waals surface area contributed by atoms with Gasteiger partial charge in [-0.1, -0.05) is 27.2 Å². The van der Waals surface area contributed by atoms with E-state index in [1.165, 1.54) is 32.1 Å². The summed E-state index contributed by atoms with van der Waals surface area (Å²) in [6.07, 6.45) is 6.30. The van der Waals surface area contributed by atoms with Crippen molar-refractivity contribution in [3.63, 3.8) is 0 Å². The van der Waals surface area contributed by atoms with Crippen molar-refractivity contribution >= 4 is 0 Å². The molecule has 78 valence electrons. The van der Waals surface area contributed by atoms with Gasteiger partial charge in [0.25, 0.3) is 0 Å². The van der Waals surface area contributed by atoms with Crippen LogP contribution in [0, 0.1) is 5.92 Å². The quantitative estimate of drug-likeness (QED) is 0.683. The van der Waals surface area contributed by atoms with E-state index in [0.29, 0.717) is 5.54 Å². The molecule has 1 unspecified atom stereocenters. The topological polar surface area (TPSA) is 29.3 Å². The molecule has 0 aromatic rings.